The van der Waals surface area contributed by atoms with Crippen molar-refractivity contribution in [3.8, 4) is 5.75 Å². The van der Waals surface area contributed by atoms with E-state index in [0.717, 1.165) is 24.2 Å². The van der Waals surface area contributed by atoms with Crippen molar-refractivity contribution in [2.45, 2.75) is 53.5 Å². The van der Waals surface area contributed by atoms with E-state index in [2.05, 4.69) is 10.6 Å². The molecule has 0 saturated carbocycles. The quantitative estimate of drug-likeness (QED) is 0.699. The summed E-state index contributed by atoms with van der Waals surface area (Å²) >= 11 is 1.31. The fourth-order valence-electron chi connectivity index (χ4n) is 2.61. The topological polar surface area (TPSA) is 67.4 Å². The van der Waals surface area contributed by atoms with Gasteiger partial charge >= 0.3 is 0 Å². The molecule has 2 amide bonds. The number of nitrogens with one attached hydrogen (secondary N) is 2. The number of amides is 2. The largest absolute Gasteiger partial charge is 0.497 e. The number of aryl methyl sites for hydroxylation is 2. The highest BCUT2D eigenvalue weighted by molar-refractivity contribution is 7.18. The number of thiophene rings is 1. The molecule has 0 aliphatic carbocycles. The maximum atomic E-state index is 12.6. The highest BCUT2D eigenvalue weighted by atomic mass is 32.1. The lowest BCUT2D eigenvalue weighted by Crippen LogP contribution is -2.32. The van der Waals surface area contributed by atoms with Crippen LogP contribution in [0.5, 0.6) is 5.75 Å². The first kappa shape index (κ1) is 22.0. The number of carbonyl (C=O) groups is 2. The molecule has 28 heavy (non-hydrogen) atoms. The van der Waals surface area contributed by atoms with Crippen LogP contribution in [0.15, 0.2) is 30.3 Å². The molecule has 1 atom stereocenters. The minimum atomic E-state index is -0.476. The molecule has 5 nitrogen and oxygen atoms in total. The van der Waals surface area contributed by atoms with Gasteiger partial charge in [-0.2, -0.15) is 0 Å². The Labute approximate surface area is 171 Å². The van der Waals surface area contributed by atoms with Gasteiger partial charge in [0.15, 0.2) is 0 Å². The van der Waals surface area contributed by atoms with Crippen molar-refractivity contribution < 1.29 is 14.3 Å². The van der Waals surface area contributed by atoms with Gasteiger partial charge in [0.05, 0.1) is 17.0 Å². The summed E-state index contributed by atoms with van der Waals surface area (Å²) in [7, 11) is 1.65. The van der Waals surface area contributed by atoms with Crippen LogP contribution < -0.4 is 15.4 Å². The van der Waals surface area contributed by atoms with Crippen molar-refractivity contribution in [2.75, 3.05) is 12.4 Å². The SMILES string of the molecule is COc1ccc(CCC(C)NC(=O)c2sc(NC(=O)C(C)(C)C)cc2C)cc1. The summed E-state index contributed by atoms with van der Waals surface area (Å²) in [4.78, 5) is 25.4. The second-order valence-corrected chi connectivity index (χ2v) is 9.14. The fourth-order valence-corrected chi connectivity index (χ4v) is 3.58. The molecule has 152 valence electrons. The van der Waals surface area contributed by atoms with Gasteiger partial charge in [-0.25, -0.2) is 0 Å². The summed E-state index contributed by atoms with van der Waals surface area (Å²) in [5.74, 6) is 0.683. The van der Waals surface area contributed by atoms with Crippen molar-refractivity contribution in [2.24, 2.45) is 5.41 Å². The molecule has 0 saturated heterocycles. The molecule has 1 heterocycles. The number of hydrogen-bond acceptors (Lipinski definition) is 4. The molecule has 2 aromatic rings. The van der Waals surface area contributed by atoms with E-state index >= 15 is 0 Å². The van der Waals surface area contributed by atoms with Gasteiger partial charge in [-0.05, 0) is 56.0 Å². The Hall–Kier alpha value is -2.34. The van der Waals surface area contributed by atoms with Crippen LogP contribution in [0.25, 0.3) is 0 Å². The minimum absolute atomic E-state index is 0.0451. The van der Waals surface area contributed by atoms with E-state index in [4.69, 9.17) is 4.74 Å². The number of hydrogen-bond donors (Lipinski definition) is 2. The van der Waals surface area contributed by atoms with E-state index in [1.165, 1.54) is 16.9 Å². The molecule has 0 spiro atoms. The third-order valence-electron chi connectivity index (χ3n) is 4.44. The van der Waals surface area contributed by atoms with Crippen molar-refractivity contribution in [3.05, 3.63) is 46.3 Å². The smallest absolute Gasteiger partial charge is 0.261 e. The van der Waals surface area contributed by atoms with Crippen molar-refractivity contribution in [3.63, 3.8) is 0 Å². The number of rotatable bonds is 7. The molecule has 0 bridgehead atoms. The molecule has 0 radical (unpaired) electrons. The lowest BCUT2D eigenvalue weighted by Gasteiger charge is -2.16. The van der Waals surface area contributed by atoms with Crippen LogP contribution in [0.1, 0.15) is 54.9 Å². The maximum Gasteiger partial charge on any atom is 0.261 e. The Morgan fingerprint density at radius 3 is 2.39 bits per heavy atom. The van der Waals surface area contributed by atoms with Gasteiger partial charge in [-0.1, -0.05) is 32.9 Å². The van der Waals surface area contributed by atoms with E-state index in [1.807, 2.05) is 65.0 Å². The number of anilines is 1. The van der Waals surface area contributed by atoms with Crippen LogP contribution in [0.3, 0.4) is 0 Å². The van der Waals surface area contributed by atoms with Gasteiger partial charge in [0.2, 0.25) is 5.91 Å². The minimum Gasteiger partial charge on any atom is -0.497 e. The molecule has 0 aliphatic heterocycles. The zero-order valence-corrected chi connectivity index (χ0v) is 18.3. The van der Waals surface area contributed by atoms with Crippen LogP contribution >= 0.6 is 11.3 Å². The van der Waals surface area contributed by atoms with Crippen molar-refractivity contribution >= 4 is 28.2 Å². The molecule has 6 heteroatoms. The van der Waals surface area contributed by atoms with Crippen LogP contribution in [0.4, 0.5) is 5.00 Å². The Morgan fingerprint density at radius 2 is 1.82 bits per heavy atom. The number of benzene rings is 1. The zero-order chi connectivity index (χ0) is 20.9. The van der Waals surface area contributed by atoms with Gasteiger partial charge in [0.1, 0.15) is 5.75 Å². The summed E-state index contributed by atoms with van der Waals surface area (Å²) in [6, 6.07) is 9.87. The highest BCUT2D eigenvalue weighted by Gasteiger charge is 2.23. The average molecular weight is 403 g/mol. The van der Waals surface area contributed by atoms with E-state index in [-0.39, 0.29) is 17.9 Å². The first-order valence-electron chi connectivity index (χ1n) is 9.46. The lowest BCUT2D eigenvalue weighted by atomic mass is 9.96. The fraction of sp³-hybridized carbons (Fsp3) is 0.455. The van der Waals surface area contributed by atoms with Gasteiger partial charge in [-0.3, -0.25) is 9.59 Å². The maximum absolute atomic E-state index is 12.6. The highest BCUT2D eigenvalue weighted by Crippen LogP contribution is 2.28. The predicted molar refractivity (Wildman–Crippen MR) is 115 cm³/mol. The number of methoxy groups -OCH3 is 1. The Kier molecular flexibility index (Phi) is 7.24. The molecule has 0 aliphatic rings. The molecule has 2 rings (SSSR count). The first-order valence-corrected chi connectivity index (χ1v) is 10.3. The van der Waals surface area contributed by atoms with E-state index in [9.17, 15) is 9.59 Å². The molecule has 1 aromatic heterocycles. The van der Waals surface area contributed by atoms with Crippen LogP contribution in [-0.4, -0.2) is 25.0 Å². The molecule has 2 N–H and O–H groups in total. The van der Waals surface area contributed by atoms with E-state index in [0.29, 0.717) is 9.88 Å². The summed E-state index contributed by atoms with van der Waals surface area (Å²) in [6.07, 6.45) is 1.72. The first-order chi connectivity index (χ1) is 13.1. The van der Waals surface area contributed by atoms with Gasteiger partial charge in [-0.15, -0.1) is 11.3 Å². The van der Waals surface area contributed by atoms with Crippen molar-refractivity contribution in [1.82, 2.24) is 5.32 Å². The monoisotopic (exact) mass is 402 g/mol. The molecule has 1 unspecified atom stereocenters. The van der Waals surface area contributed by atoms with Crippen LogP contribution in [0.2, 0.25) is 0 Å². The lowest BCUT2D eigenvalue weighted by molar-refractivity contribution is -0.123. The third kappa shape index (κ3) is 6.09. The normalized spacial score (nSPS) is 12.4. The standard InChI is InChI=1S/C22H30N2O3S/c1-14-13-18(24-21(26)22(3,4)5)28-19(14)20(25)23-15(2)7-8-16-9-11-17(27-6)12-10-16/h9-13,15H,7-8H2,1-6H3,(H,23,25)(H,24,26). The number of carbonyl (C=O) groups excluding carboxylic acids is 2. The van der Waals surface area contributed by atoms with Crippen LogP contribution in [0, 0.1) is 12.3 Å². The van der Waals surface area contributed by atoms with E-state index < -0.39 is 5.41 Å². The third-order valence-corrected chi connectivity index (χ3v) is 5.60. The van der Waals surface area contributed by atoms with E-state index in [1.54, 1.807) is 7.11 Å². The van der Waals surface area contributed by atoms with Crippen LogP contribution in [-0.2, 0) is 11.2 Å². The van der Waals surface area contributed by atoms with Gasteiger partial charge in [0, 0.05) is 11.5 Å². The summed E-state index contributed by atoms with van der Waals surface area (Å²) < 4.78 is 5.17. The van der Waals surface area contributed by atoms with Gasteiger partial charge < -0.3 is 15.4 Å². The van der Waals surface area contributed by atoms with Crippen molar-refractivity contribution in [1.29, 1.82) is 0 Å². The Morgan fingerprint density at radius 1 is 1.18 bits per heavy atom. The molecule has 1 aromatic carbocycles. The average Bonchev–Trinajstić information content (AvgIpc) is 3.00. The Balaban J connectivity index is 1.91. The second kappa shape index (κ2) is 9.24. The summed E-state index contributed by atoms with van der Waals surface area (Å²) in [5.41, 5.74) is 1.60. The zero-order valence-electron chi connectivity index (χ0n) is 17.5. The summed E-state index contributed by atoms with van der Waals surface area (Å²) in [5, 5.41) is 6.66. The predicted octanol–water partition coefficient (Wildman–Crippen LogP) is 4.80. The Bertz CT molecular complexity index is 819. The summed E-state index contributed by atoms with van der Waals surface area (Å²) in [6.45, 7) is 9.48. The second-order valence-electron chi connectivity index (χ2n) is 8.09. The molecular formula is C22H30N2O3S. The number of ether oxygens (including phenoxy) is 1. The molecule has 0 fully saturated rings. The molecular weight excluding hydrogens is 372 g/mol. The van der Waals surface area contributed by atoms with Gasteiger partial charge in [0.25, 0.3) is 5.91 Å².